The van der Waals surface area contributed by atoms with E-state index in [1.54, 1.807) is 48.5 Å². The molecule has 0 radical (unpaired) electrons. The number of nitrogens with one attached hydrogen (secondary N) is 1. The third-order valence-corrected chi connectivity index (χ3v) is 12.5. The second-order valence-electron chi connectivity index (χ2n) is 11.0. The van der Waals surface area contributed by atoms with E-state index >= 15 is 5.11 Å². The summed E-state index contributed by atoms with van der Waals surface area (Å²) in [6, 6.07) is 44.4. The van der Waals surface area contributed by atoms with Crippen molar-refractivity contribution in [3.8, 4) is 16.9 Å². The van der Waals surface area contributed by atoms with E-state index in [1.807, 2.05) is 91.0 Å². The number of hydrogen-bond donors (Lipinski definition) is 1. The van der Waals surface area contributed by atoms with Gasteiger partial charge in [0.15, 0.2) is 12.6 Å². The van der Waals surface area contributed by atoms with Crippen LogP contribution in [-0.4, -0.2) is 5.91 Å². The Bertz CT molecular complexity index is 2130. The zero-order valence-electron chi connectivity index (χ0n) is 24.8. The van der Waals surface area contributed by atoms with Crippen molar-refractivity contribution in [1.82, 2.24) is 0 Å². The van der Waals surface area contributed by atoms with Gasteiger partial charge in [0.05, 0.1) is 0 Å². The van der Waals surface area contributed by atoms with Gasteiger partial charge in [-0.15, -0.1) is 0 Å². The second-order valence-corrected chi connectivity index (χ2v) is 14.3. The van der Waals surface area contributed by atoms with Crippen molar-refractivity contribution >= 4 is 62.1 Å². The lowest BCUT2D eigenvalue weighted by molar-refractivity contribution is -0.590. The van der Waals surface area contributed by atoms with Crippen LogP contribution in [0, 0.1) is 10.4 Å². The van der Waals surface area contributed by atoms with Crippen molar-refractivity contribution in [3.63, 3.8) is 0 Å². The Labute approximate surface area is 266 Å². The van der Waals surface area contributed by atoms with Crippen LogP contribution in [-0.2, 0) is 4.79 Å². The summed E-state index contributed by atoms with van der Waals surface area (Å²) < 4.78 is 1.51. The number of nitrogens with zero attached hydrogens (tertiary/aromatic N) is 2. The molecular formula is C38H28N3O4P. The molecule has 0 aliphatic rings. The first-order chi connectivity index (χ1) is 22.4. The minimum Gasteiger partial charge on any atom is -0.869 e. The van der Waals surface area contributed by atoms with E-state index in [-0.39, 0.29) is 44.6 Å². The maximum atomic E-state index is 15.3. The monoisotopic (exact) mass is 621 g/mol. The summed E-state index contributed by atoms with van der Waals surface area (Å²) in [6.07, 6.45) is 0. The van der Waals surface area contributed by atoms with Crippen LogP contribution in [0.4, 0.5) is 5.69 Å². The van der Waals surface area contributed by atoms with Gasteiger partial charge in [0, 0.05) is 30.8 Å². The summed E-state index contributed by atoms with van der Waals surface area (Å²) in [5, 5.41) is 49.7. The average Bonchev–Trinajstić information content (AvgIpc) is 3.10. The minimum atomic E-state index is -3.13. The molecule has 6 aromatic carbocycles. The molecule has 7 nitrogen and oxygen atoms in total. The summed E-state index contributed by atoms with van der Waals surface area (Å²) in [5.41, 5.74) is 1.92. The first kappa shape index (κ1) is 29.0. The fraction of sp³-hybridized carbons (Fsp3) is 0.0263. The number of carbonyl (C=O) groups excluding carboxylic acids is 1. The maximum Gasteiger partial charge on any atom is 0.333 e. The van der Waals surface area contributed by atoms with E-state index in [2.05, 4.69) is 5.32 Å². The lowest BCUT2D eigenvalue weighted by Crippen LogP contribution is -2.47. The fourth-order valence-corrected chi connectivity index (χ4v) is 10.8. The molecule has 1 amide bonds. The molecule has 1 aromatic heterocycles. The van der Waals surface area contributed by atoms with Crippen LogP contribution in [0.2, 0.25) is 0 Å². The molecule has 0 atom stereocenters. The normalized spacial score (nSPS) is 11.5. The van der Waals surface area contributed by atoms with E-state index < -0.39 is 7.26 Å². The van der Waals surface area contributed by atoms with Crippen molar-refractivity contribution in [2.45, 2.75) is 6.92 Å². The number of benzene rings is 6. The molecule has 224 valence electrons. The van der Waals surface area contributed by atoms with E-state index in [0.717, 1.165) is 25.4 Å². The number of carbonyl (C=O) groups is 1. The number of amides is 1. The van der Waals surface area contributed by atoms with Gasteiger partial charge in [-0.25, -0.2) is 0 Å². The van der Waals surface area contributed by atoms with Gasteiger partial charge in [-0.1, -0.05) is 78.9 Å². The Morgan fingerprint density at radius 3 is 1.54 bits per heavy atom. The van der Waals surface area contributed by atoms with Crippen LogP contribution in [0.15, 0.2) is 146 Å². The average molecular weight is 622 g/mol. The Kier molecular flexibility index (Phi) is 7.31. The molecule has 7 aromatic rings. The van der Waals surface area contributed by atoms with Crippen molar-refractivity contribution in [2.75, 3.05) is 5.32 Å². The van der Waals surface area contributed by atoms with Gasteiger partial charge in [0.1, 0.15) is 15.9 Å². The Morgan fingerprint density at radius 2 is 1.07 bits per heavy atom. The third-order valence-electron chi connectivity index (χ3n) is 8.23. The van der Waals surface area contributed by atoms with Crippen LogP contribution < -0.4 is 41.1 Å². The van der Waals surface area contributed by atoms with E-state index in [9.17, 15) is 15.2 Å². The largest absolute Gasteiger partial charge is 0.869 e. The van der Waals surface area contributed by atoms with E-state index in [0.29, 0.717) is 11.3 Å². The van der Waals surface area contributed by atoms with Crippen molar-refractivity contribution in [2.24, 2.45) is 0 Å². The highest BCUT2D eigenvalue weighted by atomic mass is 31.2. The zero-order valence-corrected chi connectivity index (χ0v) is 25.7. The third kappa shape index (κ3) is 4.61. The lowest BCUT2D eigenvalue weighted by atomic mass is 10.0. The summed E-state index contributed by atoms with van der Waals surface area (Å²) in [4.78, 5) is 11.7. The summed E-state index contributed by atoms with van der Waals surface area (Å²) >= 11 is 0. The highest BCUT2D eigenvalue weighted by Gasteiger charge is 2.53. The molecule has 0 aliphatic carbocycles. The number of hydrogen-bond acceptors (Lipinski definition) is 4. The highest BCUT2D eigenvalue weighted by molar-refractivity contribution is 8.02. The quantitative estimate of drug-likeness (QED) is 0.127. The van der Waals surface area contributed by atoms with Crippen LogP contribution in [0.1, 0.15) is 6.92 Å². The second kappa shape index (κ2) is 11.6. The Morgan fingerprint density at radius 1 is 0.609 bits per heavy atom. The van der Waals surface area contributed by atoms with Gasteiger partial charge in [-0.2, -0.15) is 9.46 Å². The minimum absolute atomic E-state index is 0.0437. The maximum absolute atomic E-state index is 15.3. The smallest absolute Gasteiger partial charge is 0.333 e. The lowest BCUT2D eigenvalue weighted by Gasteiger charge is -2.31. The topological polar surface area (TPSA) is 106 Å². The molecule has 1 heterocycles. The van der Waals surface area contributed by atoms with Gasteiger partial charge >= 0.3 is 5.52 Å². The van der Waals surface area contributed by atoms with Crippen molar-refractivity contribution < 1.29 is 19.4 Å². The molecule has 0 aliphatic heterocycles. The SMILES string of the molecule is CC(=O)Nc1ccc(-c2cc3c(c([P+](c4ccccc4)(c4ccccc4)c4ccccc4)c2[O-])[n+]([O-])c2ccccc2[n+]3[O-])cc1. The van der Waals surface area contributed by atoms with E-state index in [4.69, 9.17) is 0 Å². The van der Waals surface area contributed by atoms with Gasteiger partial charge in [0.2, 0.25) is 5.91 Å². The molecule has 7 rings (SSSR count). The van der Waals surface area contributed by atoms with Crippen LogP contribution in [0.25, 0.3) is 33.2 Å². The van der Waals surface area contributed by atoms with Gasteiger partial charge < -0.3 is 20.8 Å². The number of fused-ring (bicyclic) bond motifs is 2. The molecule has 0 spiro atoms. The van der Waals surface area contributed by atoms with Crippen LogP contribution in [0.5, 0.6) is 5.75 Å². The van der Waals surface area contributed by atoms with Crippen LogP contribution in [0.3, 0.4) is 0 Å². The molecular weight excluding hydrogens is 593 g/mol. The van der Waals surface area contributed by atoms with Crippen LogP contribution >= 0.6 is 7.26 Å². The molecule has 46 heavy (non-hydrogen) atoms. The first-order valence-electron chi connectivity index (χ1n) is 14.8. The molecule has 8 heteroatoms. The number of aromatic nitrogens is 2. The standard InChI is InChI=1S/C38H28N3O4P/c1-26(42)39-28-23-21-27(22-24-28)32-25-35-36(41(45)34-20-12-11-19-33(34)40(35)44)38(37(32)43)46(29-13-5-2-6-14-29,30-15-7-3-8-16-30)31-17-9-4-10-18-31/h2-25H,1H3,(H-,39,42,43). The van der Waals surface area contributed by atoms with Gasteiger partial charge in [0.25, 0.3) is 16.6 Å². The molecule has 0 saturated carbocycles. The Balaban J connectivity index is 1.72. The molecule has 0 fully saturated rings. The predicted octanol–water partition coefficient (Wildman–Crippen LogP) is 4.58. The number of anilines is 1. The van der Waals surface area contributed by atoms with Crippen molar-refractivity contribution in [3.05, 3.63) is 156 Å². The molecule has 0 unspecified atom stereocenters. The van der Waals surface area contributed by atoms with Crippen molar-refractivity contribution in [1.29, 1.82) is 0 Å². The Hall–Kier alpha value is -5.78. The highest BCUT2D eigenvalue weighted by Crippen LogP contribution is 2.57. The fourth-order valence-electron chi connectivity index (χ4n) is 6.29. The molecule has 0 bridgehead atoms. The predicted molar refractivity (Wildman–Crippen MR) is 183 cm³/mol. The molecule has 1 N–H and O–H groups in total. The summed E-state index contributed by atoms with van der Waals surface area (Å²) in [6.45, 7) is 1.43. The van der Waals surface area contributed by atoms with E-state index in [1.165, 1.54) is 13.0 Å². The number of para-hydroxylation sites is 2. The zero-order chi connectivity index (χ0) is 31.8. The summed E-state index contributed by atoms with van der Waals surface area (Å²) in [7, 11) is -3.13. The molecule has 0 saturated heterocycles. The first-order valence-corrected chi connectivity index (χ1v) is 16.6. The van der Waals surface area contributed by atoms with Gasteiger partial charge in [-0.3, -0.25) is 4.79 Å². The number of rotatable bonds is 6. The summed E-state index contributed by atoms with van der Waals surface area (Å²) in [5.74, 6) is -0.558. The van der Waals surface area contributed by atoms with Gasteiger partial charge in [-0.05, 0) is 65.4 Å².